The van der Waals surface area contributed by atoms with Crippen LogP contribution in [0, 0.1) is 0 Å². The van der Waals surface area contributed by atoms with Gasteiger partial charge in [0.1, 0.15) is 5.75 Å². The molecular formula is C9H11ClO3. The lowest BCUT2D eigenvalue weighted by molar-refractivity contribution is -0.137. The molecule has 0 atom stereocenters. The van der Waals surface area contributed by atoms with E-state index >= 15 is 0 Å². The zero-order valence-corrected chi connectivity index (χ0v) is 7.79. The molecule has 0 unspecified atom stereocenters. The molecular weight excluding hydrogens is 192 g/mol. The highest BCUT2D eigenvalue weighted by molar-refractivity contribution is 5.85. The van der Waals surface area contributed by atoms with Crippen LogP contribution in [-0.2, 0) is 4.79 Å². The maximum absolute atomic E-state index is 10.1. The van der Waals surface area contributed by atoms with E-state index in [0.29, 0.717) is 5.75 Å². The Bertz CT molecular complexity index is 248. The topological polar surface area (TPSA) is 46.5 Å². The Labute approximate surface area is 82.7 Å². The Hall–Kier alpha value is -1.22. The van der Waals surface area contributed by atoms with Gasteiger partial charge in [-0.05, 0) is 12.1 Å². The van der Waals surface area contributed by atoms with Gasteiger partial charge in [0.2, 0.25) is 0 Å². The van der Waals surface area contributed by atoms with Crippen LogP contribution in [-0.4, -0.2) is 17.7 Å². The van der Waals surface area contributed by atoms with Gasteiger partial charge in [0.15, 0.2) is 0 Å². The average Bonchev–Trinajstić information content (AvgIpc) is 2.05. The highest BCUT2D eigenvalue weighted by Gasteiger charge is 1.96. The molecule has 0 aliphatic carbocycles. The fourth-order valence-electron chi connectivity index (χ4n) is 0.773. The fourth-order valence-corrected chi connectivity index (χ4v) is 0.773. The number of ether oxygens (including phenoxy) is 1. The van der Waals surface area contributed by atoms with Gasteiger partial charge < -0.3 is 9.84 Å². The summed E-state index contributed by atoms with van der Waals surface area (Å²) in [7, 11) is 0. The van der Waals surface area contributed by atoms with Crippen molar-refractivity contribution in [2.24, 2.45) is 0 Å². The molecule has 1 aromatic carbocycles. The van der Waals surface area contributed by atoms with E-state index in [0.717, 1.165) is 0 Å². The van der Waals surface area contributed by atoms with E-state index in [1.165, 1.54) is 0 Å². The van der Waals surface area contributed by atoms with Crippen LogP contribution in [0.2, 0.25) is 0 Å². The molecule has 0 saturated heterocycles. The first-order chi connectivity index (χ1) is 5.79. The Morgan fingerprint density at radius 2 is 1.92 bits per heavy atom. The van der Waals surface area contributed by atoms with Crippen LogP contribution < -0.4 is 4.74 Å². The Kier molecular flexibility index (Phi) is 5.72. The number of rotatable bonds is 4. The summed E-state index contributed by atoms with van der Waals surface area (Å²) < 4.78 is 5.14. The number of carbonyl (C=O) groups is 1. The van der Waals surface area contributed by atoms with E-state index in [4.69, 9.17) is 9.84 Å². The third-order valence-electron chi connectivity index (χ3n) is 1.33. The molecule has 0 fully saturated rings. The molecule has 13 heavy (non-hydrogen) atoms. The zero-order chi connectivity index (χ0) is 8.81. The monoisotopic (exact) mass is 202 g/mol. The second kappa shape index (κ2) is 6.31. The molecule has 0 bridgehead atoms. The molecule has 1 N–H and O–H groups in total. The van der Waals surface area contributed by atoms with Crippen LogP contribution in [0.5, 0.6) is 5.75 Å². The Morgan fingerprint density at radius 3 is 2.46 bits per heavy atom. The second-order valence-corrected chi connectivity index (χ2v) is 2.31. The van der Waals surface area contributed by atoms with E-state index in [-0.39, 0.29) is 25.4 Å². The number of benzene rings is 1. The maximum atomic E-state index is 10.1. The van der Waals surface area contributed by atoms with Crippen LogP contribution >= 0.6 is 12.4 Å². The normalized spacial score (nSPS) is 8.62. The number of hydrogen-bond donors (Lipinski definition) is 1. The molecule has 3 nitrogen and oxygen atoms in total. The van der Waals surface area contributed by atoms with Gasteiger partial charge in [0, 0.05) is 0 Å². The third-order valence-corrected chi connectivity index (χ3v) is 1.33. The van der Waals surface area contributed by atoms with Gasteiger partial charge in [-0.25, -0.2) is 0 Å². The van der Waals surface area contributed by atoms with Crippen molar-refractivity contribution >= 4 is 18.4 Å². The number of para-hydroxylation sites is 1. The third kappa shape index (κ3) is 5.09. The first-order valence-electron chi connectivity index (χ1n) is 3.68. The Morgan fingerprint density at radius 1 is 1.31 bits per heavy atom. The predicted octanol–water partition coefficient (Wildman–Crippen LogP) is 1.96. The van der Waals surface area contributed by atoms with Gasteiger partial charge in [0.05, 0.1) is 13.0 Å². The van der Waals surface area contributed by atoms with E-state index < -0.39 is 5.97 Å². The van der Waals surface area contributed by atoms with E-state index in [1.54, 1.807) is 12.1 Å². The average molecular weight is 203 g/mol. The van der Waals surface area contributed by atoms with Gasteiger partial charge in [-0.2, -0.15) is 0 Å². The lowest BCUT2D eigenvalue weighted by Gasteiger charge is -2.02. The SMILES string of the molecule is Cl.O=C(O)CCOc1ccccc1. The maximum Gasteiger partial charge on any atom is 0.306 e. The molecule has 0 saturated carbocycles. The molecule has 0 heterocycles. The number of halogens is 1. The molecule has 0 aliphatic heterocycles. The summed E-state index contributed by atoms with van der Waals surface area (Å²) in [4.78, 5) is 10.1. The summed E-state index contributed by atoms with van der Waals surface area (Å²) >= 11 is 0. The summed E-state index contributed by atoms with van der Waals surface area (Å²) in [5.74, 6) is -0.135. The number of carboxylic acids is 1. The van der Waals surface area contributed by atoms with Crippen molar-refractivity contribution in [3.63, 3.8) is 0 Å². The van der Waals surface area contributed by atoms with Crippen molar-refractivity contribution < 1.29 is 14.6 Å². The van der Waals surface area contributed by atoms with Crippen molar-refractivity contribution in [2.75, 3.05) is 6.61 Å². The first kappa shape index (κ1) is 11.8. The van der Waals surface area contributed by atoms with Crippen molar-refractivity contribution in [3.8, 4) is 5.75 Å². The minimum absolute atomic E-state index is 0. The highest BCUT2D eigenvalue weighted by atomic mass is 35.5. The molecule has 0 radical (unpaired) electrons. The van der Waals surface area contributed by atoms with Gasteiger partial charge >= 0.3 is 5.97 Å². The predicted molar refractivity (Wildman–Crippen MR) is 51.4 cm³/mol. The molecule has 0 aromatic heterocycles. The Balaban J connectivity index is 0.00000144. The molecule has 0 amide bonds. The van der Waals surface area contributed by atoms with E-state index in [9.17, 15) is 4.79 Å². The summed E-state index contributed by atoms with van der Waals surface area (Å²) in [6.07, 6.45) is 0.0366. The fraction of sp³-hybridized carbons (Fsp3) is 0.222. The van der Waals surface area contributed by atoms with Gasteiger partial charge in [-0.3, -0.25) is 4.79 Å². The van der Waals surface area contributed by atoms with Gasteiger partial charge in [0.25, 0.3) is 0 Å². The van der Waals surface area contributed by atoms with E-state index in [1.807, 2.05) is 18.2 Å². The van der Waals surface area contributed by atoms with Crippen molar-refractivity contribution in [1.82, 2.24) is 0 Å². The van der Waals surface area contributed by atoms with Crippen molar-refractivity contribution in [3.05, 3.63) is 30.3 Å². The molecule has 1 rings (SSSR count). The lowest BCUT2D eigenvalue weighted by Crippen LogP contribution is -2.04. The second-order valence-electron chi connectivity index (χ2n) is 2.31. The number of carboxylic acid groups (broad SMARTS) is 1. The minimum Gasteiger partial charge on any atom is -0.493 e. The summed E-state index contributed by atoms with van der Waals surface area (Å²) in [6, 6.07) is 9.15. The summed E-state index contributed by atoms with van der Waals surface area (Å²) in [5, 5.41) is 8.31. The van der Waals surface area contributed by atoms with Gasteiger partial charge in [-0.15, -0.1) is 12.4 Å². The number of aliphatic carboxylic acids is 1. The molecule has 4 heteroatoms. The van der Waals surface area contributed by atoms with Crippen LogP contribution in [0.4, 0.5) is 0 Å². The van der Waals surface area contributed by atoms with Crippen molar-refractivity contribution in [1.29, 1.82) is 0 Å². The number of hydrogen-bond acceptors (Lipinski definition) is 2. The van der Waals surface area contributed by atoms with Crippen LogP contribution in [0.1, 0.15) is 6.42 Å². The van der Waals surface area contributed by atoms with E-state index in [2.05, 4.69) is 0 Å². The largest absolute Gasteiger partial charge is 0.493 e. The summed E-state index contributed by atoms with van der Waals surface area (Å²) in [6.45, 7) is 0.222. The van der Waals surface area contributed by atoms with Crippen LogP contribution in [0.25, 0.3) is 0 Å². The molecule has 0 spiro atoms. The van der Waals surface area contributed by atoms with Crippen LogP contribution in [0.3, 0.4) is 0 Å². The first-order valence-corrected chi connectivity index (χ1v) is 3.68. The summed E-state index contributed by atoms with van der Waals surface area (Å²) in [5.41, 5.74) is 0. The van der Waals surface area contributed by atoms with Gasteiger partial charge in [-0.1, -0.05) is 18.2 Å². The minimum atomic E-state index is -0.842. The quantitative estimate of drug-likeness (QED) is 0.812. The standard InChI is InChI=1S/C9H10O3.ClH/c10-9(11)6-7-12-8-4-2-1-3-5-8;/h1-5H,6-7H2,(H,10,11);1H. The lowest BCUT2D eigenvalue weighted by atomic mass is 10.3. The smallest absolute Gasteiger partial charge is 0.306 e. The molecule has 72 valence electrons. The van der Waals surface area contributed by atoms with Crippen LogP contribution in [0.15, 0.2) is 30.3 Å². The highest BCUT2D eigenvalue weighted by Crippen LogP contribution is 2.07. The van der Waals surface area contributed by atoms with Crippen molar-refractivity contribution in [2.45, 2.75) is 6.42 Å². The molecule has 1 aromatic rings. The zero-order valence-electron chi connectivity index (χ0n) is 6.97. The molecule has 0 aliphatic rings.